The monoisotopic (exact) mass is 387 g/mol. The molecule has 2 aromatic carbocycles. The lowest BCUT2D eigenvalue weighted by Crippen LogP contribution is -2.39. The molecule has 0 saturated carbocycles. The van der Waals surface area contributed by atoms with Gasteiger partial charge in [0.25, 0.3) is 5.56 Å². The number of carbonyl (C=O) groups excluding carboxylic acids is 1. The van der Waals surface area contributed by atoms with E-state index in [0.29, 0.717) is 5.39 Å². The molecule has 0 spiro atoms. The van der Waals surface area contributed by atoms with Crippen LogP contribution in [0.3, 0.4) is 0 Å². The van der Waals surface area contributed by atoms with Crippen LogP contribution in [-0.2, 0) is 6.54 Å². The number of nitrogens with zero attached hydrogens (tertiary/aromatic N) is 1. The van der Waals surface area contributed by atoms with E-state index in [1.807, 2.05) is 26.0 Å². The van der Waals surface area contributed by atoms with Crippen molar-refractivity contribution in [3.8, 4) is 0 Å². The summed E-state index contributed by atoms with van der Waals surface area (Å²) in [5.74, 6) is -0.675. The van der Waals surface area contributed by atoms with E-state index in [2.05, 4.69) is 10.3 Å². The van der Waals surface area contributed by atoms with Crippen molar-refractivity contribution >= 4 is 34.1 Å². The highest BCUT2D eigenvalue weighted by molar-refractivity contribution is 6.31. The first-order valence-corrected chi connectivity index (χ1v) is 8.87. The van der Waals surface area contributed by atoms with Crippen LogP contribution in [0.1, 0.15) is 19.4 Å². The molecule has 0 bridgehead atoms. The van der Waals surface area contributed by atoms with Gasteiger partial charge in [0.2, 0.25) is 0 Å². The molecule has 0 aliphatic heterocycles. The van der Waals surface area contributed by atoms with E-state index >= 15 is 0 Å². The van der Waals surface area contributed by atoms with Gasteiger partial charge in [-0.05, 0) is 43.0 Å². The second-order valence-electron chi connectivity index (χ2n) is 6.44. The second kappa shape index (κ2) is 7.80. The molecule has 0 unspecified atom stereocenters. The quantitative estimate of drug-likeness (QED) is 0.677. The number of pyridine rings is 1. The van der Waals surface area contributed by atoms with E-state index in [0.717, 1.165) is 10.9 Å². The van der Waals surface area contributed by atoms with Crippen molar-refractivity contribution in [2.75, 3.05) is 5.32 Å². The van der Waals surface area contributed by atoms with E-state index in [-0.39, 0.29) is 28.9 Å². The molecule has 2 N–H and O–H groups in total. The maximum atomic E-state index is 14.1. The average Bonchev–Trinajstić information content (AvgIpc) is 2.65. The number of anilines is 1. The summed E-state index contributed by atoms with van der Waals surface area (Å²) in [6.45, 7) is 3.98. The summed E-state index contributed by atoms with van der Waals surface area (Å²) in [5, 5.41) is 3.84. The van der Waals surface area contributed by atoms with Crippen molar-refractivity contribution < 1.29 is 9.18 Å². The number of hydrogen-bond donors (Lipinski definition) is 2. The topological polar surface area (TPSA) is 65.2 Å². The van der Waals surface area contributed by atoms with Crippen molar-refractivity contribution in [3.05, 3.63) is 75.4 Å². The summed E-state index contributed by atoms with van der Waals surface area (Å²) in [4.78, 5) is 29.0. The molecule has 27 heavy (non-hydrogen) atoms. The third kappa shape index (κ3) is 3.95. The number of aromatic nitrogens is 1. The van der Waals surface area contributed by atoms with Crippen molar-refractivity contribution in [2.45, 2.75) is 26.4 Å². The fourth-order valence-corrected chi connectivity index (χ4v) is 3.03. The van der Waals surface area contributed by atoms with Crippen LogP contribution >= 0.6 is 11.6 Å². The summed E-state index contributed by atoms with van der Waals surface area (Å²) >= 11 is 5.78. The minimum Gasteiger partial charge on any atom is -0.328 e. The van der Waals surface area contributed by atoms with Crippen LogP contribution in [0.4, 0.5) is 14.9 Å². The van der Waals surface area contributed by atoms with Crippen LogP contribution in [0.25, 0.3) is 10.8 Å². The molecule has 0 radical (unpaired) electrons. The van der Waals surface area contributed by atoms with Crippen LogP contribution < -0.4 is 10.9 Å². The van der Waals surface area contributed by atoms with Crippen LogP contribution in [-0.4, -0.2) is 22.0 Å². The van der Waals surface area contributed by atoms with E-state index in [4.69, 9.17) is 11.6 Å². The van der Waals surface area contributed by atoms with Crippen molar-refractivity contribution in [2.24, 2.45) is 0 Å². The summed E-state index contributed by atoms with van der Waals surface area (Å²) in [5.41, 5.74) is 0.626. The first-order chi connectivity index (χ1) is 12.9. The average molecular weight is 388 g/mol. The Hall–Kier alpha value is -2.86. The Morgan fingerprint density at radius 1 is 1.19 bits per heavy atom. The molecule has 1 aromatic heterocycles. The molecule has 2 amide bonds. The van der Waals surface area contributed by atoms with Gasteiger partial charge in [-0.25, -0.2) is 9.18 Å². The standard InChI is InChI=1S/C20H19ClFN3O2/c1-12(2)25(20(27)24-17-9-5-8-16(21)18(17)22)11-13-10-23-19(26)15-7-4-3-6-14(13)15/h3-10,12H,11H2,1-2H3,(H,23,26)(H,24,27). The zero-order valence-electron chi connectivity index (χ0n) is 14.9. The van der Waals surface area contributed by atoms with Crippen LogP contribution in [0.2, 0.25) is 5.02 Å². The van der Waals surface area contributed by atoms with Gasteiger partial charge in [-0.2, -0.15) is 0 Å². The van der Waals surface area contributed by atoms with E-state index in [9.17, 15) is 14.0 Å². The maximum absolute atomic E-state index is 14.1. The number of rotatable bonds is 4. The SMILES string of the molecule is CC(C)N(Cc1c[nH]c(=O)c2ccccc12)C(=O)Nc1cccc(Cl)c1F. The van der Waals surface area contributed by atoms with Gasteiger partial charge in [0.15, 0.2) is 5.82 Å². The van der Waals surface area contributed by atoms with Gasteiger partial charge < -0.3 is 15.2 Å². The molecule has 0 atom stereocenters. The van der Waals surface area contributed by atoms with Gasteiger partial charge in [0, 0.05) is 24.2 Å². The largest absolute Gasteiger partial charge is 0.328 e. The Kier molecular flexibility index (Phi) is 5.46. The Morgan fingerprint density at radius 3 is 2.59 bits per heavy atom. The lowest BCUT2D eigenvalue weighted by atomic mass is 10.1. The Balaban J connectivity index is 1.91. The summed E-state index contributed by atoms with van der Waals surface area (Å²) in [6, 6.07) is 11.0. The summed E-state index contributed by atoms with van der Waals surface area (Å²) in [7, 11) is 0. The number of fused-ring (bicyclic) bond motifs is 1. The lowest BCUT2D eigenvalue weighted by molar-refractivity contribution is 0.194. The first-order valence-electron chi connectivity index (χ1n) is 8.49. The normalized spacial score (nSPS) is 11.0. The zero-order chi connectivity index (χ0) is 19.6. The highest BCUT2D eigenvalue weighted by Gasteiger charge is 2.20. The number of carbonyl (C=O) groups is 1. The molecular weight excluding hydrogens is 369 g/mol. The third-order valence-electron chi connectivity index (χ3n) is 4.31. The molecule has 7 heteroatoms. The number of urea groups is 1. The van der Waals surface area contributed by atoms with E-state index in [1.165, 1.54) is 12.1 Å². The molecule has 0 fully saturated rings. The Bertz CT molecular complexity index is 1050. The van der Waals surface area contributed by atoms with Gasteiger partial charge >= 0.3 is 6.03 Å². The van der Waals surface area contributed by atoms with Crippen LogP contribution in [0.5, 0.6) is 0 Å². The third-order valence-corrected chi connectivity index (χ3v) is 4.61. The second-order valence-corrected chi connectivity index (χ2v) is 6.85. The minimum absolute atomic E-state index is 0.0180. The van der Waals surface area contributed by atoms with Gasteiger partial charge in [-0.15, -0.1) is 0 Å². The Morgan fingerprint density at radius 2 is 1.89 bits per heavy atom. The number of halogens is 2. The van der Waals surface area contributed by atoms with E-state index < -0.39 is 11.8 Å². The van der Waals surface area contributed by atoms with Crippen LogP contribution in [0, 0.1) is 5.82 Å². The molecule has 5 nitrogen and oxygen atoms in total. The van der Waals surface area contributed by atoms with Gasteiger partial charge in [0.1, 0.15) is 0 Å². The molecular formula is C20H19ClFN3O2. The first kappa shape index (κ1) is 18.9. The van der Waals surface area contributed by atoms with Crippen molar-refractivity contribution in [3.63, 3.8) is 0 Å². The van der Waals surface area contributed by atoms with E-state index in [1.54, 1.807) is 29.3 Å². The Labute approximate surface area is 160 Å². The van der Waals surface area contributed by atoms with Gasteiger partial charge in [-0.1, -0.05) is 35.9 Å². The molecule has 0 aliphatic carbocycles. The van der Waals surface area contributed by atoms with Crippen LogP contribution in [0.15, 0.2) is 53.5 Å². The highest BCUT2D eigenvalue weighted by Crippen LogP contribution is 2.23. The minimum atomic E-state index is -0.675. The van der Waals surface area contributed by atoms with Gasteiger partial charge in [-0.3, -0.25) is 4.79 Å². The number of nitrogens with one attached hydrogen (secondary N) is 2. The number of amides is 2. The molecule has 0 aliphatic rings. The van der Waals surface area contributed by atoms with Gasteiger partial charge in [0.05, 0.1) is 10.7 Å². The number of benzene rings is 2. The maximum Gasteiger partial charge on any atom is 0.322 e. The lowest BCUT2D eigenvalue weighted by Gasteiger charge is -2.27. The smallest absolute Gasteiger partial charge is 0.322 e. The zero-order valence-corrected chi connectivity index (χ0v) is 15.7. The van der Waals surface area contributed by atoms with Crippen molar-refractivity contribution in [1.29, 1.82) is 0 Å². The fourth-order valence-electron chi connectivity index (χ4n) is 2.86. The highest BCUT2D eigenvalue weighted by atomic mass is 35.5. The molecule has 0 saturated heterocycles. The molecule has 140 valence electrons. The fraction of sp³-hybridized carbons (Fsp3) is 0.200. The molecule has 3 aromatic rings. The number of H-pyrrole nitrogens is 1. The predicted molar refractivity (Wildman–Crippen MR) is 106 cm³/mol. The summed E-state index contributed by atoms with van der Waals surface area (Å²) in [6.07, 6.45) is 1.60. The number of aromatic amines is 1. The molecule has 3 rings (SSSR count). The number of hydrogen-bond acceptors (Lipinski definition) is 2. The predicted octanol–water partition coefficient (Wildman–Crippen LogP) is 4.76. The van der Waals surface area contributed by atoms with Crippen molar-refractivity contribution in [1.82, 2.24) is 9.88 Å². The molecule has 1 heterocycles. The summed E-state index contributed by atoms with van der Waals surface area (Å²) < 4.78 is 14.1.